The zero-order chi connectivity index (χ0) is 23.2. The molecule has 0 aliphatic carbocycles. The summed E-state index contributed by atoms with van der Waals surface area (Å²) in [5, 5.41) is 16.8. The van der Waals surface area contributed by atoms with Crippen molar-refractivity contribution in [2.24, 2.45) is 0 Å². The van der Waals surface area contributed by atoms with Gasteiger partial charge in [-0.2, -0.15) is 0 Å². The molecule has 1 fully saturated rings. The van der Waals surface area contributed by atoms with E-state index in [-0.39, 0.29) is 30.7 Å². The predicted molar refractivity (Wildman–Crippen MR) is 123 cm³/mol. The molecule has 3 N–H and O–H groups in total. The number of carbonyl (C=O) groups is 2. The lowest BCUT2D eigenvalue weighted by Crippen LogP contribution is -2.49. The van der Waals surface area contributed by atoms with Gasteiger partial charge in [-0.15, -0.1) is 0 Å². The van der Waals surface area contributed by atoms with Crippen molar-refractivity contribution < 1.29 is 24.2 Å². The number of aliphatic hydroxyl groups is 1. The van der Waals surface area contributed by atoms with Crippen LogP contribution in [0, 0.1) is 0 Å². The van der Waals surface area contributed by atoms with Crippen molar-refractivity contribution >= 4 is 12.0 Å². The van der Waals surface area contributed by atoms with Crippen molar-refractivity contribution in [1.82, 2.24) is 15.5 Å². The molecule has 0 bridgehead atoms. The lowest BCUT2D eigenvalue weighted by Gasteiger charge is -2.31. The lowest BCUT2D eigenvalue weighted by atomic mass is 9.93. The van der Waals surface area contributed by atoms with Crippen LogP contribution in [-0.4, -0.2) is 67.0 Å². The molecule has 8 heteroatoms. The Bertz CT molecular complexity index is 974. The van der Waals surface area contributed by atoms with Crippen LogP contribution in [0.5, 0.6) is 5.75 Å². The van der Waals surface area contributed by atoms with Gasteiger partial charge in [-0.05, 0) is 35.7 Å². The summed E-state index contributed by atoms with van der Waals surface area (Å²) in [4.78, 5) is 25.9. The lowest BCUT2D eigenvalue weighted by molar-refractivity contribution is 0.0786. The average Bonchev–Trinajstić information content (AvgIpc) is 2.87. The van der Waals surface area contributed by atoms with Gasteiger partial charge in [0.25, 0.3) is 5.91 Å². The van der Waals surface area contributed by atoms with Crippen molar-refractivity contribution in [1.29, 1.82) is 0 Å². The molecule has 4 rings (SSSR count). The van der Waals surface area contributed by atoms with Crippen molar-refractivity contribution in [3.05, 3.63) is 65.2 Å². The number of benzene rings is 2. The summed E-state index contributed by atoms with van der Waals surface area (Å²) >= 11 is 0. The molecule has 0 unspecified atom stereocenters. The number of aliphatic hydroxyl groups excluding tert-OH is 1. The first-order valence-electron chi connectivity index (χ1n) is 11.4. The molecule has 2 atom stereocenters. The van der Waals surface area contributed by atoms with Gasteiger partial charge < -0.3 is 30.1 Å². The molecule has 1 saturated heterocycles. The molecule has 8 nitrogen and oxygen atoms in total. The Kier molecular flexibility index (Phi) is 7.47. The number of methoxy groups -OCH3 is 1. The van der Waals surface area contributed by atoms with Crippen molar-refractivity contribution in [3.8, 4) is 5.75 Å². The van der Waals surface area contributed by atoms with E-state index in [1.54, 1.807) is 23.1 Å². The number of likely N-dealkylation sites (tertiary alicyclic amines) is 1. The van der Waals surface area contributed by atoms with Gasteiger partial charge in [0.1, 0.15) is 11.9 Å². The van der Waals surface area contributed by atoms with E-state index in [9.17, 15) is 14.7 Å². The number of amides is 2. The number of rotatable bonds is 6. The van der Waals surface area contributed by atoms with E-state index in [4.69, 9.17) is 9.47 Å². The number of hydrogen-bond donors (Lipinski definition) is 3. The van der Waals surface area contributed by atoms with E-state index in [1.165, 1.54) is 18.2 Å². The standard InChI is InChI=1S/C25H31N3O5/c1-32-25(31)28-11-9-20(10-12-28)33-21-8-4-7-18(13-21)24(30)27-16-23(29)22-14-17-5-2-3-6-19(17)15-26-22/h2-8,13,20,22-23,26,29H,9-12,14-16H2,1H3,(H,27,30)/t22-,23+/m0/s1. The van der Waals surface area contributed by atoms with Crippen LogP contribution in [0.25, 0.3) is 0 Å². The molecule has 176 valence electrons. The van der Waals surface area contributed by atoms with Gasteiger partial charge in [-0.3, -0.25) is 4.79 Å². The summed E-state index contributed by atoms with van der Waals surface area (Å²) in [6, 6.07) is 15.1. The second kappa shape index (κ2) is 10.7. The van der Waals surface area contributed by atoms with Crippen LogP contribution in [0.1, 0.15) is 34.3 Å². The molecule has 2 heterocycles. The molecule has 33 heavy (non-hydrogen) atoms. The number of nitrogens with one attached hydrogen (secondary N) is 2. The van der Waals surface area contributed by atoms with Crippen molar-refractivity contribution in [2.75, 3.05) is 26.7 Å². The molecular formula is C25H31N3O5. The molecule has 0 saturated carbocycles. The summed E-state index contributed by atoms with van der Waals surface area (Å²) in [6.45, 7) is 2.03. The average molecular weight is 454 g/mol. The fourth-order valence-electron chi connectivity index (χ4n) is 4.38. The van der Waals surface area contributed by atoms with Gasteiger partial charge in [0.2, 0.25) is 0 Å². The van der Waals surface area contributed by atoms with Crippen LogP contribution in [0.4, 0.5) is 4.79 Å². The fraction of sp³-hybridized carbons (Fsp3) is 0.440. The maximum absolute atomic E-state index is 12.7. The Hall–Kier alpha value is -3.10. The highest BCUT2D eigenvalue weighted by Gasteiger charge is 2.26. The zero-order valence-corrected chi connectivity index (χ0v) is 18.8. The van der Waals surface area contributed by atoms with E-state index in [1.807, 2.05) is 18.2 Å². The maximum Gasteiger partial charge on any atom is 0.409 e. The van der Waals surface area contributed by atoms with E-state index < -0.39 is 6.10 Å². The SMILES string of the molecule is COC(=O)N1CCC(Oc2cccc(C(=O)NC[C@@H](O)[C@@H]3Cc4ccccc4CN3)c2)CC1. The third-order valence-electron chi connectivity index (χ3n) is 6.32. The van der Waals surface area contributed by atoms with Gasteiger partial charge in [0, 0.05) is 50.6 Å². The van der Waals surface area contributed by atoms with E-state index in [0.717, 1.165) is 6.42 Å². The Morgan fingerprint density at radius 3 is 2.67 bits per heavy atom. The largest absolute Gasteiger partial charge is 0.490 e. The molecular weight excluding hydrogens is 422 g/mol. The minimum absolute atomic E-state index is 0.0220. The first kappa shape index (κ1) is 23.1. The normalized spacial score (nSPS) is 19.3. The number of piperidine rings is 1. The van der Waals surface area contributed by atoms with Crippen LogP contribution < -0.4 is 15.4 Å². The fourth-order valence-corrected chi connectivity index (χ4v) is 4.38. The second-order valence-corrected chi connectivity index (χ2v) is 8.54. The maximum atomic E-state index is 12.7. The second-order valence-electron chi connectivity index (χ2n) is 8.54. The summed E-state index contributed by atoms with van der Waals surface area (Å²) in [7, 11) is 1.38. The molecule has 2 aromatic carbocycles. The van der Waals surface area contributed by atoms with Crippen molar-refractivity contribution in [3.63, 3.8) is 0 Å². The Labute approximate surface area is 193 Å². The highest BCUT2D eigenvalue weighted by molar-refractivity contribution is 5.94. The Morgan fingerprint density at radius 1 is 1.15 bits per heavy atom. The highest BCUT2D eigenvalue weighted by Crippen LogP contribution is 2.21. The molecule has 0 spiro atoms. The van der Waals surface area contributed by atoms with Gasteiger partial charge >= 0.3 is 6.09 Å². The summed E-state index contributed by atoms with van der Waals surface area (Å²) < 4.78 is 10.8. The monoisotopic (exact) mass is 453 g/mol. The number of carbonyl (C=O) groups excluding carboxylic acids is 2. The van der Waals surface area contributed by atoms with Gasteiger partial charge in [-0.1, -0.05) is 30.3 Å². The zero-order valence-electron chi connectivity index (χ0n) is 18.8. The van der Waals surface area contributed by atoms with Gasteiger partial charge in [0.05, 0.1) is 13.2 Å². The van der Waals surface area contributed by atoms with Crippen LogP contribution >= 0.6 is 0 Å². The Balaban J connectivity index is 1.26. The molecule has 2 aliphatic rings. The quantitative estimate of drug-likeness (QED) is 0.620. The first-order chi connectivity index (χ1) is 16.0. The molecule has 0 aromatic heterocycles. The topological polar surface area (TPSA) is 100 Å². The molecule has 2 aliphatic heterocycles. The number of fused-ring (bicyclic) bond motifs is 1. The van der Waals surface area contributed by atoms with Crippen LogP contribution in [0.15, 0.2) is 48.5 Å². The minimum atomic E-state index is -0.693. The van der Waals surface area contributed by atoms with E-state index >= 15 is 0 Å². The summed E-state index contributed by atoms with van der Waals surface area (Å²) in [5.74, 6) is 0.362. The molecule has 2 aromatic rings. The van der Waals surface area contributed by atoms with Gasteiger partial charge in [0.15, 0.2) is 0 Å². The summed E-state index contributed by atoms with van der Waals surface area (Å²) in [5.41, 5.74) is 2.96. The smallest absolute Gasteiger partial charge is 0.409 e. The highest BCUT2D eigenvalue weighted by atomic mass is 16.5. The van der Waals surface area contributed by atoms with Crippen LogP contribution in [0.2, 0.25) is 0 Å². The number of nitrogens with zero attached hydrogens (tertiary/aromatic N) is 1. The third-order valence-corrected chi connectivity index (χ3v) is 6.32. The third kappa shape index (κ3) is 5.83. The predicted octanol–water partition coefficient (Wildman–Crippen LogP) is 2.10. The van der Waals surface area contributed by atoms with E-state index in [0.29, 0.717) is 43.8 Å². The first-order valence-corrected chi connectivity index (χ1v) is 11.4. The van der Waals surface area contributed by atoms with Crippen LogP contribution in [-0.2, 0) is 17.7 Å². The van der Waals surface area contributed by atoms with Gasteiger partial charge in [-0.25, -0.2) is 4.79 Å². The molecule has 2 amide bonds. The van der Waals surface area contributed by atoms with Crippen LogP contribution in [0.3, 0.4) is 0 Å². The Morgan fingerprint density at radius 2 is 1.91 bits per heavy atom. The summed E-state index contributed by atoms with van der Waals surface area (Å²) in [6.07, 6.45) is 1.10. The number of hydrogen-bond acceptors (Lipinski definition) is 6. The minimum Gasteiger partial charge on any atom is -0.490 e. The number of ether oxygens (including phenoxy) is 2. The molecule has 0 radical (unpaired) electrons. The van der Waals surface area contributed by atoms with Crippen molar-refractivity contribution in [2.45, 2.75) is 44.1 Å². The van der Waals surface area contributed by atoms with E-state index in [2.05, 4.69) is 22.8 Å².